The standard InChI is InChI=1S/C46H73N11O8/c1-57(2)23-22-51-41(58)35-27-36(40(65-25-13-7-11-21-53-46(49)50)29-39(35)64-24-12-6-10-20-52-45(47)48)44(61)56-32-18-16-31(17-19-32)55-43(60)34-26-33(37(62-3)28-38(34)63-4)42(59)54-30-14-8-5-9-15-30/h26-32H,5-25H2,1-4H3,(H,51,58)(H,54,59)(H,55,60)(H,56,61)(H4,47,48,52)(H4,49,50,53). The van der Waals surface area contributed by atoms with Gasteiger partial charge in [-0.25, -0.2) is 0 Å². The molecule has 0 atom stereocenters. The maximum Gasteiger partial charge on any atom is 0.255 e. The molecule has 2 fully saturated rings. The van der Waals surface area contributed by atoms with E-state index >= 15 is 0 Å². The Balaban J connectivity index is 1.47. The summed E-state index contributed by atoms with van der Waals surface area (Å²) in [5.41, 5.74) is 22.7. The number of carbonyl (C=O) groups excluding carboxylic acids is 4. The number of guanidine groups is 2. The Morgan fingerprint density at radius 3 is 1.37 bits per heavy atom. The number of nitrogens with zero attached hydrogens (tertiary/aromatic N) is 3. The Morgan fingerprint density at radius 1 is 0.554 bits per heavy atom. The number of hydrogen-bond acceptors (Lipinski definition) is 11. The van der Waals surface area contributed by atoms with Gasteiger partial charge in [0.1, 0.15) is 23.0 Å². The van der Waals surface area contributed by atoms with Crippen molar-refractivity contribution in [3.05, 3.63) is 46.5 Å². The van der Waals surface area contributed by atoms with Crippen molar-refractivity contribution in [2.24, 2.45) is 32.9 Å². The number of benzene rings is 2. The molecule has 19 nitrogen and oxygen atoms in total. The van der Waals surface area contributed by atoms with Crippen LogP contribution in [-0.4, -0.2) is 126 Å². The van der Waals surface area contributed by atoms with Crippen LogP contribution in [0.5, 0.6) is 23.0 Å². The van der Waals surface area contributed by atoms with E-state index in [2.05, 4.69) is 31.3 Å². The van der Waals surface area contributed by atoms with Crippen LogP contribution < -0.4 is 63.1 Å². The highest BCUT2D eigenvalue weighted by Crippen LogP contribution is 2.33. The van der Waals surface area contributed by atoms with Crippen molar-refractivity contribution < 1.29 is 38.1 Å². The Hall–Kier alpha value is -5.98. The average molecular weight is 908 g/mol. The van der Waals surface area contributed by atoms with Crippen LogP contribution in [0, 0.1) is 0 Å². The highest BCUT2D eigenvalue weighted by Gasteiger charge is 2.29. The minimum atomic E-state index is -0.393. The van der Waals surface area contributed by atoms with E-state index in [1.807, 2.05) is 19.0 Å². The monoisotopic (exact) mass is 908 g/mol. The van der Waals surface area contributed by atoms with Crippen LogP contribution in [0.3, 0.4) is 0 Å². The molecule has 2 aliphatic rings. The van der Waals surface area contributed by atoms with Crippen molar-refractivity contribution in [1.82, 2.24) is 26.2 Å². The lowest BCUT2D eigenvalue weighted by molar-refractivity contribution is 0.0886. The lowest BCUT2D eigenvalue weighted by Gasteiger charge is -2.30. The molecule has 2 saturated carbocycles. The van der Waals surface area contributed by atoms with Gasteiger partial charge < -0.3 is 68.0 Å². The van der Waals surface area contributed by atoms with E-state index in [0.29, 0.717) is 101 Å². The zero-order chi connectivity index (χ0) is 47.1. The lowest BCUT2D eigenvalue weighted by Crippen LogP contribution is -2.44. The number of methoxy groups -OCH3 is 2. The highest BCUT2D eigenvalue weighted by atomic mass is 16.5. The van der Waals surface area contributed by atoms with E-state index < -0.39 is 5.91 Å². The molecular formula is C46H73N11O8. The smallest absolute Gasteiger partial charge is 0.255 e. The third kappa shape index (κ3) is 17.5. The summed E-state index contributed by atoms with van der Waals surface area (Å²) in [5, 5.41) is 12.3. The van der Waals surface area contributed by atoms with Crippen molar-refractivity contribution in [2.75, 3.05) is 67.7 Å². The lowest BCUT2D eigenvalue weighted by atomic mass is 9.90. The van der Waals surface area contributed by atoms with Gasteiger partial charge in [-0.1, -0.05) is 19.3 Å². The zero-order valence-corrected chi connectivity index (χ0v) is 38.8. The molecule has 0 saturated heterocycles. The van der Waals surface area contributed by atoms with Crippen LogP contribution in [0.4, 0.5) is 0 Å². The van der Waals surface area contributed by atoms with Gasteiger partial charge in [-0.05, 0) is 103 Å². The van der Waals surface area contributed by atoms with Crippen molar-refractivity contribution in [3.8, 4) is 23.0 Å². The van der Waals surface area contributed by atoms with Gasteiger partial charge >= 0.3 is 0 Å². The molecule has 2 aromatic rings. The number of hydrogen-bond donors (Lipinski definition) is 8. The van der Waals surface area contributed by atoms with E-state index in [1.54, 1.807) is 18.2 Å². The molecule has 65 heavy (non-hydrogen) atoms. The quantitative estimate of drug-likeness (QED) is 0.0383. The number of likely N-dealkylation sites (N-methyl/N-ethyl adjacent to an activating group) is 1. The predicted octanol–water partition coefficient (Wildman–Crippen LogP) is 3.17. The number of carbonyl (C=O) groups is 4. The van der Waals surface area contributed by atoms with Crippen molar-refractivity contribution in [3.63, 3.8) is 0 Å². The molecule has 4 amide bonds. The van der Waals surface area contributed by atoms with E-state index in [0.717, 1.165) is 57.8 Å². The summed E-state index contributed by atoms with van der Waals surface area (Å²) in [6, 6.07) is 5.95. The summed E-state index contributed by atoms with van der Waals surface area (Å²) < 4.78 is 23.5. The first-order valence-electron chi connectivity index (χ1n) is 23.0. The van der Waals surface area contributed by atoms with Gasteiger partial charge in [0.05, 0.1) is 49.7 Å². The molecule has 0 aromatic heterocycles. The number of ether oxygens (including phenoxy) is 4. The number of rotatable bonds is 26. The van der Waals surface area contributed by atoms with Gasteiger partial charge in [0.25, 0.3) is 23.6 Å². The maximum atomic E-state index is 14.2. The summed E-state index contributed by atoms with van der Waals surface area (Å²) in [6.07, 6.45) is 11.9. The molecular weight excluding hydrogens is 835 g/mol. The summed E-state index contributed by atoms with van der Waals surface area (Å²) in [5.74, 6) is -0.130. The maximum absolute atomic E-state index is 14.2. The first-order valence-corrected chi connectivity index (χ1v) is 23.0. The van der Waals surface area contributed by atoms with Crippen molar-refractivity contribution in [1.29, 1.82) is 0 Å². The van der Waals surface area contributed by atoms with Crippen LogP contribution >= 0.6 is 0 Å². The fraction of sp³-hybridized carbons (Fsp3) is 0.609. The van der Waals surface area contributed by atoms with Crippen molar-refractivity contribution >= 4 is 35.5 Å². The second kappa shape index (κ2) is 27.4. The zero-order valence-electron chi connectivity index (χ0n) is 38.8. The van der Waals surface area contributed by atoms with Crippen LogP contribution in [0.25, 0.3) is 0 Å². The second-order valence-corrected chi connectivity index (χ2v) is 16.9. The third-order valence-electron chi connectivity index (χ3n) is 11.5. The SMILES string of the molecule is COc1cc(OC)c(C(=O)NC2CCC(NC(=O)c3cc(C(=O)NCCN(C)C)c(OCCCCCN=C(N)N)cc3OCCCCCN=C(N)N)CC2)cc1C(=O)NC1CCCCC1. The van der Waals surface area contributed by atoms with E-state index in [4.69, 9.17) is 41.9 Å². The summed E-state index contributed by atoms with van der Waals surface area (Å²) in [4.78, 5) is 65.0. The molecule has 360 valence electrons. The topological polar surface area (TPSA) is 285 Å². The van der Waals surface area contributed by atoms with Crippen LogP contribution in [0.2, 0.25) is 0 Å². The van der Waals surface area contributed by atoms with Gasteiger partial charge in [0.2, 0.25) is 0 Å². The minimum absolute atomic E-state index is 0.0432. The fourth-order valence-electron chi connectivity index (χ4n) is 7.88. The molecule has 2 aromatic carbocycles. The van der Waals surface area contributed by atoms with E-state index in [-0.39, 0.29) is 70.0 Å². The number of nitrogens with two attached hydrogens (primary N) is 4. The normalized spacial score (nSPS) is 16.1. The van der Waals surface area contributed by atoms with Gasteiger partial charge in [0, 0.05) is 56.4 Å². The average Bonchev–Trinajstić information content (AvgIpc) is 3.28. The second-order valence-electron chi connectivity index (χ2n) is 16.9. The Morgan fingerprint density at radius 2 is 0.954 bits per heavy atom. The van der Waals surface area contributed by atoms with E-state index in [1.165, 1.54) is 20.3 Å². The Labute approximate surface area is 383 Å². The van der Waals surface area contributed by atoms with Gasteiger partial charge in [-0.15, -0.1) is 0 Å². The molecule has 0 aliphatic heterocycles. The van der Waals surface area contributed by atoms with Crippen LogP contribution in [0.15, 0.2) is 34.3 Å². The van der Waals surface area contributed by atoms with E-state index in [9.17, 15) is 19.2 Å². The molecule has 0 radical (unpaired) electrons. The summed E-state index contributed by atoms with van der Waals surface area (Å²) in [6.45, 7) is 2.63. The summed E-state index contributed by atoms with van der Waals surface area (Å²) in [7, 11) is 6.78. The number of amides is 4. The van der Waals surface area contributed by atoms with Crippen LogP contribution in [-0.2, 0) is 0 Å². The first kappa shape index (κ1) is 51.7. The number of unbranched alkanes of at least 4 members (excludes halogenated alkanes) is 4. The molecule has 4 rings (SSSR count). The van der Waals surface area contributed by atoms with Gasteiger partial charge in [-0.3, -0.25) is 29.2 Å². The molecule has 0 heterocycles. The number of aliphatic imine (C=N–C) groups is 2. The molecule has 0 spiro atoms. The van der Waals surface area contributed by atoms with Crippen molar-refractivity contribution in [2.45, 2.75) is 114 Å². The Bertz CT molecular complexity index is 1920. The molecule has 12 N–H and O–H groups in total. The fourth-order valence-corrected chi connectivity index (χ4v) is 7.88. The third-order valence-corrected chi connectivity index (χ3v) is 11.5. The first-order chi connectivity index (χ1) is 31.3. The van der Waals surface area contributed by atoms with Crippen LogP contribution in [0.1, 0.15) is 138 Å². The number of nitrogens with one attached hydrogen (secondary N) is 4. The van der Waals surface area contributed by atoms with Gasteiger partial charge in [0.15, 0.2) is 11.9 Å². The van der Waals surface area contributed by atoms with Gasteiger partial charge in [-0.2, -0.15) is 0 Å². The molecule has 19 heteroatoms. The molecule has 2 aliphatic carbocycles. The molecule has 0 unspecified atom stereocenters. The Kier molecular flexibility index (Phi) is 21.7. The highest BCUT2D eigenvalue weighted by molar-refractivity contribution is 6.04. The predicted molar refractivity (Wildman–Crippen MR) is 252 cm³/mol. The minimum Gasteiger partial charge on any atom is -0.496 e. The summed E-state index contributed by atoms with van der Waals surface area (Å²) >= 11 is 0. The molecule has 0 bridgehead atoms. The largest absolute Gasteiger partial charge is 0.496 e.